The number of sulfonamides is 1. The average Bonchev–Trinajstić information content (AvgIpc) is 2.18. The summed E-state index contributed by atoms with van der Waals surface area (Å²) < 4.78 is 25.4. The smallest absolute Gasteiger partial charge is 0.214 e. The number of thioether (sulfide) groups is 1. The van der Waals surface area contributed by atoms with Gasteiger partial charge in [0.25, 0.3) is 0 Å². The maximum atomic E-state index is 11.5. The van der Waals surface area contributed by atoms with Crippen molar-refractivity contribution in [3.8, 4) is 6.07 Å². The Labute approximate surface area is 96.5 Å². The van der Waals surface area contributed by atoms with E-state index in [0.717, 1.165) is 18.6 Å². The molecular weight excluding hydrogens is 232 g/mol. The number of nitrogens with zero attached hydrogens (tertiary/aromatic N) is 1. The lowest BCUT2D eigenvalue weighted by Crippen LogP contribution is -2.33. The summed E-state index contributed by atoms with van der Waals surface area (Å²) in [6.07, 6.45) is 4.17. The number of nitriles is 1. The van der Waals surface area contributed by atoms with Gasteiger partial charge in [-0.15, -0.1) is 0 Å². The van der Waals surface area contributed by atoms with Crippen LogP contribution in [-0.4, -0.2) is 32.2 Å². The van der Waals surface area contributed by atoms with Gasteiger partial charge in [-0.05, 0) is 31.3 Å². The molecule has 0 aromatic rings. The third-order valence-electron chi connectivity index (χ3n) is 1.97. The molecule has 0 saturated carbocycles. The van der Waals surface area contributed by atoms with E-state index < -0.39 is 15.3 Å². The lowest BCUT2D eigenvalue weighted by atomic mass is 10.3. The van der Waals surface area contributed by atoms with Gasteiger partial charge in [-0.3, -0.25) is 0 Å². The third-order valence-corrected chi connectivity index (χ3v) is 4.46. The van der Waals surface area contributed by atoms with E-state index in [1.54, 1.807) is 24.8 Å². The summed E-state index contributed by atoms with van der Waals surface area (Å²) in [4.78, 5) is 0. The summed E-state index contributed by atoms with van der Waals surface area (Å²) in [5, 5.41) is 7.71. The Morgan fingerprint density at radius 1 is 1.47 bits per heavy atom. The van der Waals surface area contributed by atoms with Crippen LogP contribution in [-0.2, 0) is 10.0 Å². The minimum absolute atomic E-state index is 0.330. The molecule has 15 heavy (non-hydrogen) atoms. The molecule has 0 aliphatic carbocycles. The SMILES string of the molecule is CCC(C#N)S(=O)(=O)NCCCCSC. The summed E-state index contributed by atoms with van der Waals surface area (Å²) in [5.74, 6) is 1.04. The molecule has 0 amide bonds. The van der Waals surface area contributed by atoms with Gasteiger partial charge in [0.2, 0.25) is 10.0 Å². The zero-order valence-corrected chi connectivity index (χ0v) is 10.8. The molecule has 1 atom stereocenters. The van der Waals surface area contributed by atoms with E-state index in [1.165, 1.54) is 0 Å². The Morgan fingerprint density at radius 2 is 2.13 bits per heavy atom. The van der Waals surface area contributed by atoms with E-state index in [0.29, 0.717) is 13.0 Å². The predicted octanol–water partition coefficient (Wildman–Crippen LogP) is 1.35. The number of nitrogens with one attached hydrogen (secondary N) is 1. The van der Waals surface area contributed by atoms with Crippen molar-refractivity contribution >= 4 is 21.8 Å². The van der Waals surface area contributed by atoms with Crippen molar-refractivity contribution in [2.75, 3.05) is 18.6 Å². The summed E-state index contributed by atoms with van der Waals surface area (Å²) in [6, 6.07) is 1.79. The van der Waals surface area contributed by atoms with E-state index in [9.17, 15) is 8.42 Å². The molecule has 0 aliphatic heterocycles. The molecule has 0 aliphatic rings. The van der Waals surface area contributed by atoms with Gasteiger partial charge in [0.15, 0.2) is 5.25 Å². The molecule has 4 nitrogen and oxygen atoms in total. The molecular formula is C9H18N2O2S2. The predicted molar refractivity (Wildman–Crippen MR) is 64.2 cm³/mol. The maximum absolute atomic E-state index is 11.5. The van der Waals surface area contributed by atoms with Crippen LogP contribution in [0, 0.1) is 11.3 Å². The van der Waals surface area contributed by atoms with Crippen LogP contribution in [0.3, 0.4) is 0 Å². The first-order valence-electron chi connectivity index (χ1n) is 4.95. The van der Waals surface area contributed by atoms with Crippen molar-refractivity contribution in [3.05, 3.63) is 0 Å². The second kappa shape index (κ2) is 7.97. The van der Waals surface area contributed by atoms with Crippen molar-refractivity contribution in [1.82, 2.24) is 4.72 Å². The van der Waals surface area contributed by atoms with Gasteiger partial charge in [-0.1, -0.05) is 6.92 Å². The molecule has 0 rings (SSSR count). The average molecular weight is 250 g/mol. The first-order chi connectivity index (χ1) is 7.08. The van der Waals surface area contributed by atoms with Crippen LogP contribution in [0.1, 0.15) is 26.2 Å². The fourth-order valence-corrected chi connectivity index (χ4v) is 2.77. The lowest BCUT2D eigenvalue weighted by Gasteiger charge is -2.09. The molecule has 0 fully saturated rings. The van der Waals surface area contributed by atoms with Gasteiger partial charge < -0.3 is 0 Å². The van der Waals surface area contributed by atoms with Crippen LogP contribution in [0.25, 0.3) is 0 Å². The van der Waals surface area contributed by atoms with E-state index in [2.05, 4.69) is 4.72 Å². The second-order valence-corrected chi connectivity index (χ2v) is 6.10. The van der Waals surface area contributed by atoms with E-state index >= 15 is 0 Å². The molecule has 0 heterocycles. The minimum Gasteiger partial charge on any atom is -0.214 e. The molecule has 0 spiro atoms. The Balaban J connectivity index is 3.90. The van der Waals surface area contributed by atoms with Crippen molar-refractivity contribution in [2.24, 2.45) is 0 Å². The van der Waals surface area contributed by atoms with Crippen LogP contribution in [0.4, 0.5) is 0 Å². The van der Waals surface area contributed by atoms with Gasteiger partial charge in [0.1, 0.15) is 0 Å². The zero-order chi connectivity index (χ0) is 11.7. The van der Waals surface area contributed by atoms with Crippen molar-refractivity contribution in [1.29, 1.82) is 5.26 Å². The number of unbranched alkanes of at least 4 members (excludes halogenated alkanes) is 1. The molecule has 88 valence electrons. The van der Waals surface area contributed by atoms with Gasteiger partial charge in [0, 0.05) is 6.54 Å². The summed E-state index contributed by atoms with van der Waals surface area (Å²) in [5.41, 5.74) is 0. The van der Waals surface area contributed by atoms with E-state index in [4.69, 9.17) is 5.26 Å². The summed E-state index contributed by atoms with van der Waals surface area (Å²) in [7, 11) is -3.43. The molecule has 0 aromatic heterocycles. The van der Waals surface area contributed by atoms with Crippen LogP contribution in [0.15, 0.2) is 0 Å². The van der Waals surface area contributed by atoms with Crippen molar-refractivity contribution in [2.45, 2.75) is 31.4 Å². The van der Waals surface area contributed by atoms with Gasteiger partial charge >= 0.3 is 0 Å². The van der Waals surface area contributed by atoms with E-state index in [1.807, 2.05) is 6.26 Å². The van der Waals surface area contributed by atoms with Crippen LogP contribution < -0.4 is 4.72 Å². The lowest BCUT2D eigenvalue weighted by molar-refractivity contribution is 0.570. The summed E-state index contributed by atoms with van der Waals surface area (Å²) in [6.45, 7) is 2.13. The molecule has 6 heteroatoms. The highest BCUT2D eigenvalue weighted by Gasteiger charge is 2.22. The molecule has 0 saturated heterocycles. The first-order valence-corrected chi connectivity index (χ1v) is 7.89. The normalized spacial score (nSPS) is 13.4. The van der Waals surface area contributed by atoms with Gasteiger partial charge in [0.05, 0.1) is 6.07 Å². The minimum atomic E-state index is -3.43. The highest BCUT2D eigenvalue weighted by atomic mass is 32.2. The number of hydrogen-bond donors (Lipinski definition) is 1. The van der Waals surface area contributed by atoms with Crippen molar-refractivity contribution in [3.63, 3.8) is 0 Å². The van der Waals surface area contributed by atoms with Crippen LogP contribution in [0.2, 0.25) is 0 Å². The van der Waals surface area contributed by atoms with Gasteiger partial charge in [-0.25, -0.2) is 13.1 Å². The third kappa shape index (κ3) is 6.03. The van der Waals surface area contributed by atoms with Crippen LogP contribution >= 0.6 is 11.8 Å². The second-order valence-electron chi connectivity index (χ2n) is 3.17. The van der Waals surface area contributed by atoms with E-state index in [-0.39, 0.29) is 0 Å². The standard InChI is InChI=1S/C9H18N2O2S2/c1-3-9(8-10)15(12,13)11-6-4-5-7-14-2/h9,11H,3-7H2,1-2H3. The Bertz CT molecular complexity index is 296. The fourth-order valence-electron chi connectivity index (χ4n) is 1.07. The highest BCUT2D eigenvalue weighted by Crippen LogP contribution is 2.03. The maximum Gasteiger partial charge on any atom is 0.227 e. The fraction of sp³-hybridized carbons (Fsp3) is 0.889. The molecule has 0 aromatic carbocycles. The van der Waals surface area contributed by atoms with Crippen LogP contribution in [0.5, 0.6) is 0 Å². The number of rotatable bonds is 8. The quantitative estimate of drug-likeness (QED) is 0.660. The molecule has 0 bridgehead atoms. The largest absolute Gasteiger partial charge is 0.227 e. The molecule has 0 radical (unpaired) electrons. The Hall–Kier alpha value is -0.250. The first kappa shape index (κ1) is 14.8. The van der Waals surface area contributed by atoms with Gasteiger partial charge in [-0.2, -0.15) is 17.0 Å². The topological polar surface area (TPSA) is 70.0 Å². The summed E-state index contributed by atoms with van der Waals surface area (Å²) >= 11 is 1.75. The van der Waals surface area contributed by atoms with Crippen molar-refractivity contribution < 1.29 is 8.42 Å². The monoisotopic (exact) mass is 250 g/mol. The number of hydrogen-bond acceptors (Lipinski definition) is 4. The zero-order valence-electron chi connectivity index (χ0n) is 9.19. The Morgan fingerprint density at radius 3 is 2.60 bits per heavy atom. The molecule has 1 unspecified atom stereocenters. The Kier molecular flexibility index (Phi) is 7.83. The molecule has 1 N–H and O–H groups in total. The highest BCUT2D eigenvalue weighted by molar-refractivity contribution is 7.98.